The molecule has 3 aromatic rings. The van der Waals surface area contributed by atoms with Crippen molar-refractivity contribution in [2.24, 2.45) is 0 Å². The van der Waals surface area contributed by atoms with Crippen LogP contribution < -0.4 is 10.1 Å². The minimum atomic E-state index is -3.19. The Morgan fingerprint density at radius 3 is 2.62 bits per heavy atom. The molecule has 1 aromatic heterocycles. The first-order valence-corrected chi connectivity index (χ1v) is 9.35. The average Bonchev–Trinajstić information content (AvgIpc) is 2.93. The SMILES string of the molecule is Cc1ccc2oc(NCCOc3ccc(S(C)(=O)=O)cc3)nc2c1. The van der Waals surface area contributed by atoms with Crippen molar-refractivity contribution in [3.05, 3.63) is 48.0 Å². The molecule has 0 aliphatic rings. The van der Waals surface area contributed by atoms with Crippen LogP contribution in [0.3, 0.4) is 0 Å². The average molecular weight is 346 g/mol. The van der Waals surface area contributed by atoms with Crippen LogP contribution >= 0.6 is 0 Å². The maximum absolute atomic E-state index is 11.4. The Kier molecular flexibility index (Phi) is 4.44. The van der Waals surface area contributed by atoms with E-state index < -0.39 is 9.84 Å². The van der Waals surface area contributed by atoms with Gasteiger partial charge in [-0.15, -0.1) is 0 Å². The van der Waals surface area contributed by atoms with Gasteiger partial charge in [0, 0.05) is 6.26 Å². The van der Waals surface area contributed by atoms with Gasteiger partial charge in [-0.3, -0.25) is 0 Å². The summed E-state index contributed by atoms with van der Waals surface area (Å²) >= 11 is 0. The van der Waals surface area contributed by atoms with Crippen molar-refractivity contribution in [1.29, 1.82) is 0 Å². The van der Waals surface area contributed by atoms with E-state index in [9.17, 15) is 8.42 Å². The molecule has 0 saturated heterocycles. The minimum absolute atomic E-state index is 0.273. The van der Waals surface area contributed by atoms with Gasteiger partial charge in [0.05, 0.1) is 11.4 Å². The molecule has 0 spiro atoms. The van der Waals surface area contributed by atoms with Crippen LogP contribution in [-0.4, -0.2) is 32.8 Å². The van der Waals surface area contributed by atoms with Crippen LogP contribution in [-0.2, 0) is 9.84 Å². The molecule has 1 N–H and O–H groups in total. The quantitative estimate of drug-likeness (QED) is 0.691. The highest BCUT2D eigenvalue weighted by molar-refractivity contribution is 7.90. The van der Waals surface area contributed by atoms with Gasteiger partial charge in [0.15, 0.2) is 15.4 Å². The zero-order valence-electron chi connectivity index (χ0n) is 13.4. The number of nitrogens with zero attached hydrogens (tertiary/aromatic N) is 1. The highest BCUT2D eigenvalue weighted by Crippen LogP contribution is 2.20. The summed E-state index contributed by atoms with van der Waals surface area (Å²) in [6.07, 6.45) is 1.18. The predicted molar refractivity (Wildman–Crippen MR) is 92.3 cm³/mol. The van der Waals surface area contributed by atoms with Crippen LogP contribution in [0, 0.1) is 6.92 Å². The largest absolute Gasteiger partial charge is 0.492 e. The Morgan fingerprint density at radius 1 is 1.17 bits per heavy atom. The highest BCUT2D eigenvalue weighted by Gasteiger charge is 2.07. The first-order chi connectivity index (χ1) is 11.4. The van der Waals surface area contributed by atoms with Crippen molar-refractivity contribution in [3.63, 3.8) is 0 Å². The van der Waals surface area contributed by atoms with Crippen LogP contribution in [0.4, 0.5) is 6.01 Å². The van der Waals surface area contributed by atoms with Crippen molar-refractivity contribution in [1.82, 2.24) is 4.98 Å². The fourth-order valence-electron chi connectivity index (χ4n) is 2.22. The maximum atomic E-state index is 11.4. The molecule has 0 atom stereocenters. The smallest absolute Gasteiger partial charge is 0.295 e. The first-order valence-electron chi connectivity index (χ1n) is 7.46. The van der Waals surface area contributed by atoms with Gasteiger partial charge in [-0.1, -0.05) is 6.07 Å². The normalized spacial score (nSPS) is 11.6. The number of sulfone groups is 1. The number of oxazole rings is 1. The van der Waals surface area contributed by atoms with E-state index >= 15 is 0 Å². The van der Waals surface area contributed by atoms with E-state index in [1.807, 2.05) is 25.1 Å². The summed E-state index contributed by atoms with van der Waals surface area (Å²) in [6, 6.07) is 12.6. The first kappa shape index (κ1) is 16.3. The molecule has 1 heterocycles. The minimum Gasteiger partial charge on any atom is -0.492 e. The topological polar surface area (TPSA) is 81.4 Å². The predicted octanol–water partition coefficient (Wildman–Crippen LogP) is 3.03. The summed E-state index contributed by atoms with van der Waals surface area (Å²) in [7, 11) is -3.19. The van der Waals surface area contributed by atoms with E-state index in [2.05, 4.69) is 10.3 Å². The molecule has 0 unspecified atom stereocenters. The number of hydrogen-bond acceptors (Lipinski definition) is 6. The van der Waals surface area contributed by atoms with Gasteiger partial charge in [0.25, 0.3) is 6.01 Å². The molecule has 0 aliphatic carbocycles. The third-order valence-electron chi connectivity index (χ3n) is 3.44. The number of aryl methyl sites for hydroxylation is 1. The second kappa shape index (κ2) is 6.52. The Hall–Kier alpha value is -2.54. The molecular formula is C17H18N2O4S. The molecule has 6 nitrogen and oxygen atoms in total. The van der Waals surface area contributed by atoms with Crippen LogP contribution in [0.5, 0.6) is 5.75 Å². The van der Waals surface area contributed by atoms with Gasteiger partial charge in [-0.25, -0.2) is 8.42 Å². The van der Waals surface area contributed by atoms with Crippen LogP contribution in [0.15, 0.2) is 51.8 Å². The summed E-state index contributed by atoms with van der Waals surface area (Å²) in [5.74, 6) is 0.609. The van der Waals surface area contributed by atoms with Crippen molar-refractivity contribution in [2.45, 2.75) is 11.8 Å². The van der Waals surface area contributed by atoms with Gasteiger partial charge in [-0.2, -0.15) is 4.98 Å². The molecular weight excluding hydrogens is 328 g/mol. The van der Waals surface area contributed by atoms with Gasteiger partial charge in [0.1, 0.15) is 17.9 Å². The monoisotopic (exact) mass is 346 g/mol. The van der Waals surface area contributed by atoms with E-state index in [1.165, 1.54) is 18.4 Å². The molecule has 3 rings (SSSR count). The summed E-state index contributed by atoms with van der Waals surface area (Å²) in [5, 5.41) is 3.06. The standard InChI is InChI=1S/C17H18N2O4S/c1-12-3-8-16-15(11-12)19-17(23-16)18-9-10-22-13-4-6-14(7-5-13)24(2,20)21/h3-8,11H,9-10H2,1-2H3,(H,18,19). The Labute approximate surface area is 140 Å². The number of nitrogens with one attached hydrogen (secondary N) is 1. The van der Waals surface area contributed by atoms with Gasteiger partial charge < -0.3 is 14.5 Å². The van der Waals surface area contributed by atoms with Crippen LogP contribution in [0.25, 0.3) is 11.1 Å². The fourth-order valence-corrected chi connectivity index (χ4v) is 2.85. The summed E-state index contributed by atoms with van der Waals surface area (Å²) in [5.41, 5.74) is 2.68. The van der Waals surface area contributed by atoms with Crippen molar-refractivity contribution in [2.75, 3.05) is 24.7 Å². The second-order valence-electron chi connectivity index (χ2n) is 5.51. The van der Waals surface area contributed by atoms with Crippen molar-refractivity contribution >= 4 is 27.0 Å². The van der Waals surface area contributed by atoms with Crippen LogP contribution in [0.1, 0.15) is 5.56 Å². The molecule has 0 aliphatic heterocycles. The summed E-state index contributed by atoms with van der Waals surface area (Å²) in [4.78, 5) is 4.63. The van der Waals surface area contributed by atoms with E-state index in [-0.39, 0.29) is 4.90 Å². The number of rotatable bonds is 6. The number of benzene rings is 2. The number of ether oxygens (including phenoxy) is 1. The number of fused-ring (bicyclic) bond motifs is 1. The second-order valence-corrected chi connectivity index (χ2v) is 7.52. The Balaban J connectivity index is 1.52. The number of hydrogen-bond donors (Lipinski definition) is 1. The zero-order chi connectivity index (χ0) is 17.2. The Morgan fingerprint density at radius 2 is 1.92 bits per heavy atom. The van der Waals surface area contributed by atoms with E-state index in [0.717, 1.165) is 16.7 Å². The van der Waals surface area contributed by atoms with Gasteiger partial charge >= 0.3 is 0 Å². The molecule has 0 fully saturated rings. The molecule has 0 amide bonds. The third kappa shape index (κ3) is 3.86. The molecule has 0 saturated carbocycles. The lowest BCUT2D eigenvalue weighted by molar-refractivity contribution is 0.331. The number of aromatic nitrogens is 1. The molecule has 24 heavy (non-hydrogen) atoms. The molecule has 126 valence electrons. The summed E-state index contributed by atoms with van der Waals surface area (Å²) < 4.78 is 33.9. The maximum Gasteiger partial charge on any atom is 0.295 e. The van der Waals surface area contributed by atoms with Gasteiger partial charge in [-0.05, 0) is 48.9 Å². The van der Waals surface area contributed by atoms with Crippen molar-refractivity contribution < 1.29 is 17.6 Å². The zero-order valence-corrected chi connectivity index (χ0v) is 14.3. The number of anilines is 1. The highest BCUT2D eigenvalue weighted by atomic mass is 32.2. The lowest BCUT2D eigenvalue weighted by Crippen LogP contribution is -2.11. The Bertz CT molecular complexity index is 946. The molecule has 2 aromatic carbocycles. The van der Waals surface area contributed by atoms with Gasteiger partial charge in [0.2, 0.25) is 0 Å². The van der Waals surface area contributed by atoms with E-state index in [1.54, 1.807) is 12.1 Å². The molecule has 0 radical (unpaired) electrons. The fraction of sp³-hybridized carbons (Fsp3) is 0.235. The van der Waals surface area contributed by atoms with Crippen molar-refractivity contribution in [3.8, 4) is 5.75 Å². The molecule has 0 bridgehead atoms. The van der Waals surface area contributed by atoms with E-state index in [0.29, 0.717) is 24.9 Å². The third-order valence-corrected chi connectivity index (χ3v) is 4.57. The van der Waals surface area contributed by atoms with E-state index in [4.69, 9.17) is 9.15 Å². The lowest BCUT2D eigenvalue weighted by atomic mass is 10.2. The van der Waals surface area contributed by atoms with Crippen LogP contribution in [0.2, 0.25) is 0 Å². The lowest BCUT2D eigenvalue weighted by Gasteiger charge is -2.07. The molecule has 7 heteroatoms. The summed E-state index contributed by atoms with van der Waals surface area (Å²) in [6.45, 7) is 2.92.